The molecule has 1 N–H and O–H groups in total. The Morgan fingerprint density at radius 1 is 1.32 bits per heavy atom. The van der Waals surface area contributed by atoms with Crippen molar-refractivity contribution in [1.29, 1.82) is 0 Å². The predicted molar refractivity (Wildman–Crippen MR) is 83.2 cm³/mol. The predicted octanol–water partition coefficient (Wildman–Crippen LogP) is 1.10. The quantitative estimate of drug-likeness (QED) is 0.889. The molecule has 1 saturated heterocycles. The van der Waals surface area contributed by atoms with Crippen molar-refractivity contribution in [3.63, 3.8) is 0 Å². The number of carboxylic acids is 1. The van der Waals surface area contributed by atoms with Crippen molar-refractivity contribution in [2.75, 3.05) is 13.1 Å². The molecule has 1 amide bonds. The van der Waals surface area contributed by atoms with E-state index in [-0.39, 0.29) is 36.2 Å². The molecule has 2 atom stereocenters. The van der Waals surface area contributed by atoms with Gasteiger partial charge in [0.1, 0.15) is 18.5 Å². The molecule has 1 fully saturated rings. The highest BCUT2D eigenvalue weighted by atomic mass is 19.1. The number of hydrogen-bond acceptors (Lipinski definition) is 5. The van der Waals surface area contributed by atoms with Crippen LogP contribution in [0.3, 0.4) is 0 Å². The summed E-state index contributed by atoms with van der Waals surface area (Å²) in [6.07, 6.45) is 0.679. The number of nitrogens with zero attached hydrogens (tertiary/aromatic N) is 4. The summed E-state index contributed by atoms with van der Waals surface area (Å²) in [7, 11) is 0. The van der Waals surface area contributed by atoms with E-state index < -0.39 is 5.97 Å². The molecule has 0 spiro atoms. The zero-order valence-corrected chi connectivity index (χ0v) is 13.5. The Hall–Kier alpha value is -2.81. The van der Waals surface area contributed by atoms with Crippen molar-refractivity contribution < 1.29 is 23.8 Å². The summed E-state index contributed by atoms with van der Waals surface area (Å²) < 4.78 is 20.1. The van der Waals surface area contributed by atoms with Crippen LogP contribution in [0.1, 0.15) is 29.1 Å². The fraction of sp³-hybridized carbons (Fsp3) is 0.375. The van der Waals surface area contributed by atoms with E-state index in [4.69, 9.17) is 9.84 Å². The lowest BCUT2D eigenvalue weighted by Crippen LogP contribution is -2.47. The van der Waals surface area contributed by atoms with Crippen molar-refractivity contribution in [3.05, 3.63) is 47.5 Å². The number of rotatable bonds is 4. The van der Waals surface area contributed by atoms with Crippen molar-refractivity contribution in [1.82, 2.24) is 19.9 Å². The van der Waals surface area contributed by atoms with Crippen LogP contribution in [0.2, 0.25) is 0 Å². The van der Waals surface area contributed by atoms with Crippen LogP contribution in [0, 0.1) is 5.82 Å². The number of benzene rings is 1. The van der Waals surface area contributed by atoms with Crippen LogP contribution in [0.25, 0.3) is 0 Å². The summed E-state index contributed by atoms with van der Waals surface area (Å²) in [5.41, 5.74) is 0.576. The summed E-state index contributed by atoms with van der Waals surface area (Å²) in [5, 5.41) is 16.0. The zero-order valence-electron chi connectivity index (χ0n) is 13.5. The Morgan fingerprint density at radius 2 is 2.04 bits per heavy atom. The Bertz CT molecular complexity index is 777. The number of hydrogen-bond donors (Lipinski definition) is 1. The average Bonchev–Trinajstić information content (AvgIpc) is 3.03. The molecule has 0 bridgehead atoms. The van der Waals surface area contributed by atoms with Gasteiger partial charge in [-0.25, -0.2) is 13.9 Å². The lowest BCUT2D eigenvalue weighted by atomic mass is 10.1. The van der Waals surface area contributed by atoms with Gasteiger partial charge < -0.3 is 14.7 Å². The van der Waals surface area contributed by atoms with Gasteiger partial charge in [-0.1, -0.05) is 17.3 Å². The van der Waals surface area contributed by atoms with Crippen molar-refractivity contribution >= 4 is 11.9 Å². The topological polar surface area (TPSA) is 97.6 Å². The Kier molecular flexibility index (Phi) is 4.75. The fourth-order valence-corrected chi connectivity index (χ4v) is 2.73. The highest BCUT2D eigenvalue weighted by molar-refractivity contribution is 5.84. The van der Waals surface area contributed by atoms with Gasteiger partial charge in [-0.3, -0.25) is 4.79 Å². The molecule has 0 radical (unpaired) electrons. The summed E-state index contributed by atoms with van der Waals surface area (Å²) in [6.45, 7) is 2.49. The first-order valence-corrected chi connectivity index (χ1v) is 7.74. The second kappa shape index (κ2) is 6.98. The zero-order chi connectivity index (χ0) is 18.0. The molecule has 1 aromatic heterocycles. The molecule has 132 valence electrons. The molecule has 0 aliphatic carbocycles. The summed E-state index contributed by atoms with van der Waals surface area (Å²) >= 11 is 0. The Morgan fingerprint density at radius 3 is 2.68 bits per heavy atom. The van der Waals surface area contributed by atoms with E-state index >= 15 is 0 Å². The second-order valence-electron chi connectivity index (χ2n) is 5.89. The highest BCUT2D eigenvalue weighted by Crippen LogP contribution is 2.25. The molecule has 1 aromatic carbocycles. The molecular formula is C16H17FN4O4. The molecule has 2 heterocycles. The van der Waals surface area contributed by atoms with Gasteiger partial charge in [-0.15, -0.1) is 5.10 Å². The SMILES string of the molecule is CC1CN(C(=O)Cn2cc(C(=O)O)nn2)CC(c2ccc(F)cc2)O1. The molecular weight excluding hydrogens is 331 g/mol. The lowest BCUT2D eigenvalue weighted by molar-refractivity contribution is -0.145. The molecule has 25 heavy (non-hydrogen) atoms. The van der Waals surface area contributed by atoms with Gasteiger partial charge in [-0.05, 0) is 24.6 Å². The summed E-state index contributed by atoms with van der Waals surface area (Å²) in [6, 6.07) is 5.98. The first-order chi connectivity index (χ1) is 11.9. The molecule has 0 saturated carbocycles. The minimum Gasteiger partial charge on any atom is -0.476 e. The van der Waals surface area contributed by atoms with Crippen LogP contribution in [0.4, 0.5) is 4.39 Å². The van der Waals surface area contributed by atoms with Gasteiger partial charge in [0.25, 0.3) is 0 Å². The normalized spacial score (nSPS) is 20.5. The third-order valence-electron chi connectivity index (χ3n) is 3.91. The molecule has 9 heteroatoms. The number of carbonyl (C=O) groups is 2. The first kappa shape index (κ1) is 17.0. The number of ether oxygens (including phenoxy) is 1. The molecule has 3 rings (SSSR count). The van der Waals surface area contributed by atoms with Crippen LogP contribution in [-0.2, 0) is 16.1 Å². The Labute approximate surface area is 142 Å². The Balaban J connectivity index is 1.68. The molecule has 8 nitrogen and oxygen atoms in total. The van der Waals surface area contributed by atoms with Crippen LogP contribution in [0.15, 0.2) is 30.5 Å². The van der Waals surface area contributed by atoms with E-state index in [2.05, 4.69) is 10.3 Å². The van der Waals surface area contributed by atoms with E-state index in [0.29, 0.717) is 13.1 Å². The van der Waals surface area contributed by atoms with E-state index in [0.717, 1.165) is 5.56 Å². The molecule has 1 aliphatic heterocycles. The molecule has 2 unspecified atom stereocenters. The van der Waals surface area contributed by atoms with Crippen LogP contribution in [-0.4, -0.2) is 56.1 Å². The number of halogens is 1. The highest BCUT2D eigenvalue weighted by Gasteiger charge is 2.29. The van der Waals surface area contributed by atoms with Gasteiger partial charge in [0, 0.05) is 6.54 Å². The summed E-state index contributed by atoms with van der Waals surface area (Å²) in [5.74, 6) is -1.75. The van der Waals surface area contributed by atoms with Gasteiger partial charge in [0.15, 0.2) is 5.69 Å². The van der Waals surface area contributed by atoms with Gasteiger partial charge >= 0.3 is 5.97 Å². The lowest BCUT2D eigenvalue weighted by Gasteiger charge is -2.37. The summed E-state index contributed by atoms with van der Waals surface area (Å²) in [4.78, 5) is 24.9. The average molecular weight is 348 g/mol. The van der Waals surface area contributed by atoms with Crippen LogP contribution in [0.5, 0.6) is 0 Å². The monoisotopic (exact) mass is 348 g/mol. The standard InChI is InChI=1S/C16H17FN4O4/c1-10-6-20(8-14(25-10)11-2-4-12(17)5-3-11)15(22)9-21-7-13(16(23)24)18-19-21/h2-5,7,10,14H,6,8-9H2,1H3,(H,23,24). The maximum Gasteiger partial charge on any atom is 0.358 e. The third kappa shape index (κ3) is 4.00. The number of carbonyl (C=O) groups excluding carboxylic acids is 1. The maximum atomic E-state index is 13.1. The molecule has 2 aromatic rings. The molecule has 1 aliphatic rings. The number of aromatic nitrogens is 3. The van der Waals surface area contributed by atoms with E-state index in [1.54, 1.807) is 17.0 Å². The number of morpholine rings is 1. The van der Waals surface area contributed by atoms with Crippen molar-refractivity contribution in [2.45, 2.75) is 25.7 Å². The van der Waals surface area contributed by atoms with Crippen LogP contribution < -0.4 is 0 Å². The van der Waals surface area contributed by atoms with Crippen molar-refractivity contribution in [2.24, 2.45) is 0 Å². The van der Waals surface area contributed by atoms with E-state index in [1.165, 1.54) is 23.0 Å². The third-order valence-corrected chi connectivity index (χ3v) is 3.91. The van der Waals surface area contributed by atoms with Gasteiger partial charge in [-0.2, -0.15) is 0 Å². The minimum absolute atomic E-state index is 0.108. The first-order valence-electron chi connectivity index (χ1n) is 7.74. The fourth-order valence-electron chi connectivity index (χ4n) is 2.73. The van der Waals surface area contributed by atoms with Gasteiger partial charge in [0.05, 0.1) is 18.8 Å². The number of carboxylic acid groups (broad SMARTS) is 1. The van der Waals surface area contributed by atoms with Crippen molar-refractivity contribution in [3.8, 4) is 0 Å². The largest absolute Gasteiger partial charge is 0.476 e. The number of amides is 1. The number of aromatic carboxylic acids is 1. The second-order valence-corrected chi connectivity index (χ2v) is 5.89. The van der Waals surface area contributed by atoms with E-state index in [1.807, 2.05) is 6.92 Å². The smallest absolute Gasteiger partial charge is 0.358 e. The van der Waals surface area contributed by atoms with E-state index in [9.17, 15) is 14.0 Å². The maximum absolute atomic E-state index is 13.1. The minimum atomic E-state index is -1.20. The van der Waals surface area contributed by atoms with Crippen LogP contribution >= 0.6 is 0 Å². The van der Waals surface area contributed by atoms with Gasteiger partial charge in [0.2, 0.25) is 5.91 Å².